The van der Waals surface area contributed by atoms with E-state index < -0.39 is 0 Å². The summed E-state index contributed by atoms with van der Waals surface area (Å²) in [5.41, 5.74) is 4.15. The summed E-state index contributed by atoms with van der Waals surface area (Å²) >= 11 is 22.8. The molecule has 0 aliphatic heterocycles. The third-order valence-electron chi connectivity index (χ3n) is 3.99. The molecule has 1 nitrogen and oxygen atoms in total. The van der Waals surface area contributed by atoms with E-state index in [2.05, 4.69) is 33.9 Å². The molecule has 0 fully saturated rings. The van der Waals surface area contributed by atoms with Gasteiger partial charge in [0.25, 0.3) is 0 Å². The number of nitrogens with zero attached hydrogens (tertiary/aromatic N) is 1. The van der Waals surface area contributed by atoms with Gasteiger partial charge in [-0.2, -0.15) is 0 Å². The zero-order valence-corrected chi connectivity index (χ0v) is 15.2. The highest BCUT2D eigenvalue weighted by Gasteiger charge is 2.30. The van der Waals surface area contributed by atoms with Gasteiger partial charge in [-0.15, -0.1) is 11.6 Å². The van der Waals surface area contributed by atoms with Gasteiger partial charge in [-0.3, -0.25) is 4.98 Å². The van der Waals surface area contributed by atoms with Crippen LogP contribution < -0.4 is 0 Å². The number of aromatic nitrogens is 1. The number of halogens is 4. The molecule has 5 heteroatoms. The van der Waals surface area contributed by atoms with Gasteiger partial charge in [-0.1, -0.05) is 30.1 Å². The van der Waals surface area contributed by atoms with Crippen LogP contribution in [0.2, 0.25) is 10.0 Å². The van der Waals surface area contributed by atoms with Crippen molar-refractivity contribution >= 4 is 50.7 Å². The van der Waals surface area contributed by atoms with Gasteiger partial charge in [0.15, 0.2) is 0 Å². The Morgan fingerprint density at radius 3 is 2.76 bits per heavy atom. The minimum atomic E-state index is -0.343. The molecule has 21 heavy (non-hydrogen) atoms. The second kappa shape index (κ2) is 6.08. The third-order valence-corrected chi connectivity index (χ3v) is 5.38. The quantitative estimate of drug-likeness (QED) is 0.492. The van der Waals surface area contributed by atoms with Gasteiger partial charge in [0.2, 0.25) is 0 Å². The molecule has 3 rings (SSSR count). The van der Waals surface area contributed by atoms with Crippen molar-refractivity contribution in [1.29, 1.82) is 0 Å². The Bertz CT molecular complexity index is 702. The molecule has 110 valence electrons. The standard InChI is InChI=1S/C16H13BrCl3N/c1-2-8-3-9-4-11(18)6-13(19)14(9)15(20)16-12(8)5-10(17)7-21-16/h4-8,15H,2-3H2,1H3. The number of alkyl halides is 1. The number of hydrogen-bond donors (Lipinski definition) is 0. The molecule has 1 aliphatic rings. The summed E-state index contributed by atoms with van der Waals surface area (Å²) in [7, 11) is 0. The molecule has 0 saturated carbocycles. The molecular formula is C16H13BrCl3N. The molecule has 1 aromatic heterocycles. The van der Waals surface area contributed by atoms with Crippen LogP contribution in [0.5, 0.6) is 0 Å². The van der Waals surface area contributed by atoms with Crippen molar-refractivity contribution in [3.8, 4) is 0 Å². The monoisotopic (exact) mass is 403 g/mol. The van der Waals surface area contributed by atoms with Crippen molar-refractivity contribution < 1.29 is 0 Å². The van der Waals surface area contributed by atoms with Gasteiger partial charge < -0.3 is 0 Å². The molecule has 1 aliphatic carbocycles. The Kier molecular flexibility index (Phi) is 4.52. The second-order valence-corrected chi connectivity index (χ2v) is 7.46. The highest BCUT2D eigenvalue weighted by atomic mass is 79.9. The summed E-state index contributed by atoms with van der Waals surface area (Å²) in [5, 5.41) is 0.923. The number of benzene rings is 1. The van der Waals surface area contributed by atoms with Crippen LogP contribution in [0.3, 0.4) is 0 Å². The van der Waals surface area contributed by atoms with Crippen molar-refractivity contribution in [3.05, 3.63) is 61.3 Å². The zero-order valence-electron chi connectivity index (χ0n) is 11.3. The van der Waals surface area contributed by atoms with Crippen LogP contribution in [0, 0.1) is 0 Å². The highest BCUT2D eigenvalue weighted by molar-refractivity contribution is 9.10. The van der Waals surface area contributed by atoms with Crippen LogP contribution >= 0.6 is 50.7 Å². The SMILES string of the molecule is CCC1Cc2cc(Cl)cc(Cl)c2C(Cl)c2ncc(Br)cc21. The maximum absolute atomic E-state index is 6.71. The van der Waals surface area contributed by atoms with E-state index in [1.807, 2.05) is 6.07 Å². The van der Waals surface area contributed by atoms with Crippen LogP contribution in [-0.4, -0.2) is 4.98 Å². The normalized spacial score (nSPS) is 20.6. The first-order valence-corrected chi connectivity index (χ1v) is 8.77. The van der Waals surface area contributed by atoms with Crippen LogP contribution in [0.1, 0.15) is 47.0 Å². The lowest BCUT2D eigenvalue weighted by molar-refractivity contribution is 0.657. The number of rotatable bonds is 1. The van der Waals surface area contributed by atoms with E-state index in [9.17, 15) is 0 Å². The number of pyridine rings is 1. The molecule has 0 radical (unpaired) electrons. The molecule has 0 saturated heterocycles. The van der Waals surface area contributed by atoms with Gasteiger partial charge in [-0.25, -0.2) is 0 Å². The van der Waals surface area contributed by atoms with E-state index >= 15 is 0 Å². The summed E-state index contributed by atoms with van der Waals surface area (Å²) < 4.78 is 0.971. The molecule has 0 amide bonds. The average Bonchev–Trinajstić information content (AvgIpc) is 2.54. The molecule has 2 aromatic rings. The average molecular weight is 406 g/mol. The Labute approximate surface area is 147 Å². The van der Waals surface area contributed by atoms with Gasteiger partial charge in [-0.05, 0) is 69.6 Å². The smallest absolute Gasteiger partial charge is 0.103 e. The Morgan fingerprint density at radius 1 is 1.29 bits per heavy atom. The van der Waals surface area contributed by atoms with E-state index in [0.717, 1.165) is 34.1 Å². The molecule has 1 heterocycles. The summed E-state index contributed by atoms with van der Waals surface area (Å²) in [6.45, 7) is 2.18. The minimum absolute atomic E-state index is 0.343. The predicted molar refractivity (Wildman–Crippen MR) is 92.8 cm³/mol. The molecule has 0 N–H and O–H groups in total. The summed E-state index contributed by atoms with van der Waals surface area (Å²) in [5.74, 6) is 0.363. The van der Waals surface area contributed by atoms with Gasteiger partial charge in [0, 0.05) is 20.7 Å². The first-order valence-electron chi connectivity index (χ1n) is 6.78. The Morgan fingerprint density at radius 2 is 2.05 bits per heavy atom. The van der Waals surface area contributed by atoms with Crippen molar-refractivity contribution in [2.24, 2.45) is 0 Å². The lowest BCUT2D eigenvalue weighted by Gasteiger charge is -2.16. The number of hydrogen-bond acceptors (Lipinski definition) is 1. The maximum Gasteiger partial charge on any atom is 0.103 e. The molecule has 0 bridgehead atoms. The first kappa shape index (κ1) is 15.6. The first-order chi connectivity index (χ1) is 10.0. The fraction of sp³-hybridized carbons (Fsp3) is 0.312. The third kappa shape index (κ3) is 2.84. The summed E-state index contributed by atoms with van der Waals surface area (Å²) in [4.78, 5) is 4.55. The molecule has 1 aromatic carbocycles. The van der Waals surface area contributed by atoms with E-state index in [1.54, 1.807) is 12.3 Å². The van der Waals surface area contributed by atoms with Crippen molar-refractivity contribution in [1.82, 2.24) is 4.98 Å². The fourth-order valence-electron chi connectivity index (χ4n) is 2.97. The minimum Gasteiger partial charge on any atom is -0.258 e. The predicted octanol–water partition coefficient (Wildman–Crippen LogP) is 6.53. The molecule has 0 spiro atoms. The van der Waals surface area contributed by atoms with Gasteiger partial charge >= 0.3 is 0 Å². The largest absolute Gasteiger partial charge is 0.258 e. The van der Waals surface area contributed by atoms with Crippen molar-refractivity contribution in [2.45, 2.75) is 31.1 Å². The Balaban J connectivity index is 2.26. The van der Waals surface area contributed by atoms with Crippen LogP contribution in [0.25, 0.3) is 0 Å². The molecule has 2 atom stereocenters. The topological polar surface area (TPSA) is 12.9 Å². The van der Waals surface area contributed by atoms with Crippen molar-refractivity contribution in [3.63, 3.8) is 0 Å². The number of fused-ring (bicyclic) bond motifs is 2. The summed E-state index contributed by atoms with van der Waals surface area (Å²) in [6.07, 6.45) is 3.68. The van der Waals surface area contributed by atoms with E-state index in [-0.39, 0.29) is 5.38 Å². The molecule has 2 unspecified atom stereocenters. The molecular weight excluding hydrogens is 392 g/mol. The van der Waals surface area contributed by atoms with Crippen molar-refractivity contribution in [2.75, 3.05) is 0 Å². The van der Waals surface area contributed by atoms with Crippen LogP contribution in [-0.2, 0) is 6.42 Å². The Hall–Kier alpha value is -0.280. The lowest BCUT2D eigenvalue weighted by Crippen LogP contribution is -2.04. The maximum atomic E-state index is 6.71. The van der Waals surface area contributed by atoms with E-state index in [1.165, 1.54) is 5.56 Å². The zero-order chi connectivity index (χ0) is 15.1. The van der Waals surface area contributed by atoms with Crippen LogP contribution in [0.4, 0.5) is 0 Å². The second-order valence-electron chi connectivity index (χ2n) is 5.26. The van der Waals surface area contributed by atoms with Gasteiger partial charge in [0.05, 0.1) is 5.69 Å². The van der Waals surface area contributed by atoms with E-state index in [4.69, 9.17) is 34.8 Å². The van der Waals surface area contributed by atoms with Crippen LogP contribution in [0.15, 0.2) is 28.9 Å². The van der Waals surface area contributed by atoms with Gasteiger partial charge in [0.1, 0.15) is 5.38 Å². The van der Waals surface area contributed by atoms with E-state index in [0.29, 0.717) is 16.0 Å². The summed E-state index contributed by atoms with van der Waals surface area (Å²) in [6, 6.07) is 5.84. The lowest BCUT2D eigenvalue weighted by atomic mass is 9.91. The highest BCUT2D eigenvalue weighted by Crippen LogP contribution is 2.45. The fourth-order valence-corrected chi connectivity index (χ4v) is 4.46.